The van der Waals surface area contributed by atoms with E-state index in [1.807, 2.05) is 0 Å². The van der Waals surface area contributed by atoms with Gasteiger partial charge in [-0.2, -0.15) is 0 Å². The summed E-state index contributed by atoms with van der Waals surface area (Å²) in [5.41, 5.74) is 0.474. The normalized spacial score (nSPS) is 14.1. The largest absolute Gasteiger partial charge is 0.507 e. The zero-order valence-corrected chi connectivity index (χ0v) is 12.7. The lowest BCUT2D eigenvalue weighted by molar-refractivity contribution is -0.147. The zero-order chi connectivity index (χ0) is 16.0. The van der Waals surface area contributed by atoms with Crippen molar-refractivity contribution in [3.05, 3.63) is 54.1 Å². The number of hydrogen-bond donors (Lipinski definition) is 1. The molecule has 1 unspecified atom stereocenters. The maximum Gasteiger partial charge on any atom is 0.339 e. The highest BCUT2D eigenvalue weighted by atomic mass is 35.5. The number of esters is 1. The monoisotopic (exact) mass is 308 g/mol. The summed E-state index contributed by atoms with van der Waals surface area (Å²) in [5, 5.41) is 10.0. The Balaban J connectivity index is 3.14. The molecule has 0 aliphatic carbocycles. The standard InChI is InChI=1S/C16H17ClO4/c1-4-21-15(20)16(17,12(3)18)11(2)10-14(19)13-8-6-5-7-9-13/h5-10,19H,2,4H2,1,3H3/b14-10-. The molecular weight excluding hydrogens is 292 g/mol. The first kappa shape index (κ1) is 17.0. The van der Waals surface area contributed by atoms with E-state index in [1.54, 1.807) is 37.3 Å². The molecule has 0 bridgehead atoms. The number of aliphatic hydroxyl groups is 1. The molecule has 0 aliphatic heterocycles. The van der Waals surface area contributed by atoms with Crippen molar-refractivity contribution >= 4 is 29.1 Å². The van der Waals surface area contributed by atoms with Crippen LogP contribution in [0, 0.1) is 0 Å². The summed E-state index contributed by atoms with van der Waals surface area (Å²) in [4.78, 5) is 21.6. The SMILES string of the molecule is C=C(/C=C(\O)c1ccccc1)C(Cl)(C(C)=O)C(=O)OCC. The second-order valence-electron chi connectivity index (χ2n) is 4.36. The number of carbonyl (C=O) groups is 2. The molecule has 0 aliphatic rings. The van der Waals surface area contributed by atoms with Crippen molar-refractivity contribution in [3.8, 4) is 0 Å². The molecule has 21 heavy (non-hydrogen) atoms. The molecule has 0 fully saturated rings. The van der Waals surface area contributed by atoms with Gasteiger partial charge in [-0.15, -0.1) is 0 Å². The summed E-state index contributed by atoms with van der Waals surface area (Å²) >= 11 is 6.11. The van der Waals surface area contributed by atoms with E-state index in [0.717, 1.165) is 0 Å². The number of carbonyl (C=O) groups excluding carboxylic acids is 2. The van der Waals surface area contributed by atoms with Crippen LogP contribution in [0.25, 0.3) is 5.76 Å². The molecule has 1 N–H and O–H groups in total. The highest BCUT2D eigenvalue weighted by Crippen LogP contribution is 2.30. The Morgan fingerprint density at radius 2 is 1.95 bits per heavy atom. The van der Waals surface area contributed by atoms with Crippen LogP contribution in [-0.4, -0.2) is 28.3 Å². The van der Waals surface area contributed by atoms with E-state index in [4.69, 9.17) is 16.3 Å². The molecule has 0 spiro atoms. The number of benzene rings is 1. The Morgan fingerprint density at radius 1 is 1.38 bits per heavy atom. The molecule has 1 aromatic carbocycles. The van der Waals surface area contributed by atoms with Gasteiger partial charge < -0.3 is 9.84 Å². The van der Waals surface area contributed by atoms with E-state index in [9.17, 15) is 14.7 Å². The van der Waals surface area contributed by atoms with Crippen molar-refractivity contribution in [3.63, 3.8) is 0 Å². The fourth-order valence-corrected chi connectivity index (χ4v) is 1.80. The molecule has 0 amide bonds. The van der Waals surface area contributed by atoms with Crippen molar-refractivity contribution < 1.29 is 19.4 Å². The molecule has 5 heteroatoms. The van der Waals surface area contributed by atoms with E-state index >= 15 is 0 Å². The van der Waals surface area contributed by atoms with Gasteiger partial charge in [-0.1, -0.05) is 48.5 Å². The molecule has 1 rings (SSSR count). The Hall–Kier alpha value is -2.07. The second kappa shape index (κ2) is 7.09. The Labute approximate surface area is 128 Å². The summed E-state index contributed by atoms with van der Waals surface area (Å²) in [6.45, 7) is 6.49. The van der Waals surface area contributed by atoms with E-state index in [-0.39, 0.29) is 17.9 Å². The van der Waals surface area contributed by atoms with Crippen molar-refractivity contribution in [2.75, 3.05) is 6.61 Å². The van der Waals surface area contributed by atoms with Gasteiger partial charge in [-0.3, -0.25) is 4.79 Å². The van der Waals surface area contributed by atoms with Gasteiger partial charge in [0, 0.05) is 5.56 Å². The lowest BCUT2D eigenvalue weighted by Gasteiger charge is -2.22. The van der Waals surface area contributed by atoms with Gasteiger partial charge in [0.1, 0.15) is 5.76 Å². The second-order valence-corrected chi connectivity index (χ2v) is 4.92. The molecular formula is C16H17ClO4. The summed E-state index contributed by atoms with van der Waals surface area (Å²) in [6, 6.07) is 8.63. The van der Waals surface area contributed by atoms with Crippen LogP contribution >= 0.6 is 11.6 Å². The predicted molar refractivity (Wildman–Crippen MR) is 82.1 cm³/mol. The first-order valence-electron chi connectivity index (χ1n) is 6.36. The number of Topliss-reactive ketones (excluding diaryl/α,β-unsaturated/α-hetero) is 1. The van der Waals surface area contributed by atoms with E-state index in [2.05, 4.69) is 6.58 Å². The summed E-state index contributed by atoms with van der Waals surface area (Å²) in [7, 11) is 0. The third kappa shape index (κ3) is 3.73. The van der Waals surface area contributed by atoms with Crippen LogP contribution in [0.15, 0.2) is 48.6 Å². The fourth-order valence-electron chi connectivity index (χ4n) is 1.69. The van der Waals surface area contributed by atoms with Gasteiger partial charge in [-0.25, -0.2) is 4.79 Å². The summed E-state index contributed by atoms with van der Waals surface area (Å²) in [6.07, 6.45) is 1.20. The van der Waals surface area contributed by atoms with Gasteiger partial charge in [-0.05, 0) is 25.5 Å². The molecule has 4 nitrogen and oxygen atoms in total. The lowest BCUT2D eigenvalue weighted by atomic mass is 9.94. The number of halogens is 1. The van der Waals surface area contributed by atoms with Crippen molar-refractivity contribution in [1.29, 1.82) is 0 Å². The number of hydrogen-bond acceptors (Lipinski definition) is 4. The van der Waals surface area contributed by atoms with Gasteiger partial charge in [0.2, 0.25) is 4.87 Å². The van der Waals surface area contributed by atoms with Crippen molar-refractivity contribution in [2.24, 2.45) is 0 Å². The Kier molecular flexibility index (Phi) is 5.73. The number of ketones is 1. The predicted octanol–water partition coefficient (Wildman–Crippen LogP) is 3.27. The number of ether oxygens (including phenoxy) is 1. The number of aliphatic hydroxyl groups excluding tert-OH is 1. The summed E-state index contributed by atoms with van der Waals surface area (Å²) < 4.78 is 4.81. The Morgan fingerprint density at radius 3 is 2.43 bits per heavy atom. The van der Waals surface area contributed by atoms with Gasteiger partial charge in [0.15, 0.2) is 5.78 Å². The van der Waals surface area contributed by atoms with Crippen LogP contribution in [0.2, 0.25) is 0 Å². The minimum atomic E-state index is -2.03. The van der Waals surface area contributed by atoms with E-state index in [1.165, 1.54) is 13.0 Å². The maximum absolute atomic E-state index is 11.9. The highest BCUT2D eigenvalue weighted by Gasteiger charge is 2.45. The maximum atomic E-state index is 11.9. The zero-order valence-electron chi connectivity index (χ0n) is 11.9. The topological polar surface area (TPSA) is 63.6 Å². The molecule has 0 heterocycles. The average molecular weight is 309 g/mol. The van der Waals surface area contributed by atoms with Crippen molar-refractivity contribution in [2.45, 2.75) is 18.7 Å². The number of rotatable bonds is 6. The van der Waals surface area contributed by atoms with Crippen LogP contribution in [0.1, 0.15) is 19.4 Å². The highest BCUT2D eigenvalue weighted by molar-refractivity contribution is 6.48. The van der Waals surface area contributed by atoms with Crippen molar-refractivity contribution in [1.82, 2.24) is 0 Å². The Bertz CT molecular complexity index is 577. The quantitative estimate of drug-likeness (QED) is 0.288. The van der Waals surface area contributed by atoms with Gasteiger partial charge in [0.25, 0.3) is 0 Å². The molecule has 0 aromatic heterocycles. The van der Waals surface area contributed by atoms with Crippen LogP contribution in [-0.2, 0) is 14.3 Å². The molecule has 0 saturated heterocycles. The molecule has 0 radical (unpaired) electrons. The first-order valence-corrected chi connectivity index (χ1v) is 6.74. The molecule has 1 atom stereocenters. The molecule has 112 valence electrons. The number of alkyl halides is 1. The number of allylic oxidation sites excluding steroid dienone is 1. The summed E-state index contributed by atoms with van der Waals surface area (Å²) in [5.74, 6) is -1.66. The molecule has 0 saturated carbocycles. The van der Waals surface area contributed by atoms with E-state index in [0.29, 0.717) is 5.56 Å². The van der Waals surface area contributed by atoms with Gasteiger partial charge >= 0.3 is 5.97 Å². The third-order valence-corrected chi connectivity index (χ3v) is 3.53. The van der Waals surface area contributed by atoms with Gasteiger partial charge in [0.05, 0.1) is 6.61 Å². The molecule has 1 aromatic rings. The van der Waals surface area contributed by atoms with Crippen LogP contribution < -0.4 is 0 Å². The minimum Gasteiger partial charge on any atom is -0.507 e. The average Bonchev–Trinajstić information content (AvgIpc) is 2.47. The van der Waals surface area contributed by atoms with Crippen LogP contribution in [0.5, 0.6) is 0 Å². The smallest absolute Gasteiger partial charge is 0.339 e. The first-order chi connectivity index (χ1) is 9.83. The van der Waals surface area contributed by atoms with Crippen LogP contribution in [0.4, 0.5) is 0 Å². The fraction of sp³-hybridized carbons (Fsp3) is 0.250. The lowest BCUT2D eigenvalue weighted by Crippen LogP contribution is -2.42. The van der Waals surface area contributed by atoms with E-state index < -0.39 is 16.6 Å². The van der Waals surface area contributed by atoms with Crippen LogP contribution in [0.3, 0.4) is 0 Å². The third-order valence-electron chi connectivity index (χ3n) is 2.86. The minimum absolute atomic E-state index is 0.0449.